The molecular formula is C14H19N5O2S. The molecule has 0 spiro atoms. The number of aryl methyl sites for hydroxylation is 2. The Labute approximate surface area is 129 Å². The van der Waals surface area contributed by atoms with E-state index in [1.54, 1.807) is 0 Å². The van der Waals surface area contributed by atoms with Crippen LogP contribution in [0.3, 0.4) is 0 Å². The number of hydrogen-bond acceptors (Lipinski definition) is 6. The van der Waals surface area contributed by atoms with Gasteiger partial charge in [-0.15, -0.1) is 0 Å². The molecule has 1 fully saturated rings. The number of anilines is 1. The Morgan fingerprint density at radius 3 is 2.59 bits per heavy atom. The summed E-state index contributed by atoms with van der Waals surface area (Å²) in [5.41, 5.74) is 2.56. The van der Waals surface area contributed by atoms with Crippen molar-refractivity contribution in [3.05, 3.63) is 29.3 Å². The van der Waals surface area contributed by atoms with Crippen molar-refractivity contribution in [1.29, 1.82) is 0 Å². The zero-order chi connectivity index (χ0) is 15.9. The Morgan fingerprint density at radius 2 is 1.95 bits per heavy atom. The van der Waals surface area contributed by atoms with Gasteiger partial charge in [-0.25, -0.2) is 18.4 Å². The van der Waals surface area contributed by atoms with Gasteiger partial charge in [0.05, 0.1) is 11.9 Å². The fourth-order valence-electron chi connectivity index (χ4n) is 2.90. The van der Waals surface area contributed by atoms with E-state index >= 15 is 0 Å². The van der Waals surface area contributed by atoms with Crippen LogP contribution in [0, 0.1) is 13.8 Å². The number of nitrogens with one attached hydrogen (secondary N) is 1. The van der Waals surface area contributed by atoms with Crippen molar-refractivity contribution in [3.63, 3.8) is 0 Å². The molecule has 0 amide bonds. The highest BCUT2D eigenvalue weighted by Crippen LogP contribution is 2.31. The van der Waals surface area contributed by atoms with Gasteiger partial charge in [-0.3, -0.25) is 5.10 Å². The second kappa shape index (κ2) is 5.35. The van der Waals surface area contributed by atoms with Crippen LogP contribution in [-0.4, -0.2) is 47.9 Å². The molecule has 1 aliphatic rings. The number of aromatic nitrogens is 4. The van der Waals surface area contributed by atoms with Gasteiger partial charge in [0.25, 0.3) is 0 Å². The largest absolute Gasteiger partial charge is 0.340 e. The smallest absolute Gasteiger partial charge is 0.225 e. The number of aromatic amines is 1. The molecule has 1 N–H and O–H groups in total. The molecule has 118 valence electrons. The molecule has 1 atom stereocenters. The first kappa shape index (κ1) is 15.0. The maximum absolute atomic E-state index is 11.8. The molecule has 22 heavy (non-hydrogen) atoms. The quantitative estimate of drug-likeness (QED) is 0.913. The summed E-state index contributed by atoms with van der Waals surface area (Å²) in [5, 5.41) is 6.76. The van der Waals surface area contributed by atoms with E-state index < -0.39 is 9.84 Å². The van der Waals surface area contributed by atoms with E-state index in [1.807, 2.05) is 19.9 Å². The van der Waals surface area contributed by atoms with Crippen molar-refractivity contribution >= 4 is 15.8 Å². The first-order valence-electron chi connectivity index (χ1n) is 7.15. The molecule has 0 bridgehead atoms. The molecule has 0 aliphatic carbocycles. The molecule has 1 saturated heterocycles. The van der Waals surface area contributed by atoms with Gasteiger partial charge < -0.3 is 4.90 Å². The highest BCUT2D eigenvalue weighted by atomic mass is 32.2. The van der Waals surface area contributed by atoms with Crippen LogP contribution in [0.2, 0.25) is 0 Å². The third kappa shape index (κ3) is 2.83. The van der Waals surface area contributed by atoms with Gasteiger partial charge in [-0.2, -0.15) is 5.10 Å². The topological polar surface area (TPSA) is 91.8 Å². The van der Waals surface area contributed by atoms with Crippen LogP contribution >= 0.6 is 0 Å². The van der Waals surface area contributed by atoms with Gasteiger partial charge in [-0.05, 0) is 26.3 Å². The third-order valence-electron chi connectivity index (χ3n) is 3.88. The minimum Gasteiger partial charge on any atom is -0.340 e. The van der Waals surface area contributed by atoms with Crippen LogP contribution in [0.15, 0.2) is 17.2 Å². The Kier molecular flexibility index (Phi) is 3.64. The van der Waals surface area contributed by atoms with E-state index in [2.05, 4.69) is 25.1 Å². The normalized spacial score (nSPS) is 18.9. The van der Waals surface area contributed by atoms with E-state index in [0.29, 0.717) is 23.1 Å². The van der Waals surface area contributed by atoms with Gasteiger partial charge in [-0.1, -0.05) is 0 Å². The SMILES string of the molecule is Cc1cc(C)nc(N2CCC(c3[nH]ncc3S(C)(=O)=O)C2)n1. The monoisotopic (exact) mass is 321 g/mol. The summed E-state index contributed by atoms with van der Waals surface area (Å²) >= 11 is 0. The summed E-state index contributed by atoms with van der Waals surface area (Å²) in [6.07, 6.45) is 3.45. The van der Waals surface area contributed by atoms with E-state index in [4.69, 9.17) is 0 Å². The second-order valence-electron chi connectivity index (χ2n) is 5.80. The van der Waals surface area contributed by atoms with E-state index in [-0.39, 0.29) is 5.92 Å². The van der Waals surface area contributed by atoms with Crippen molar-refractivity contribution in [3.8, 4) is 0 Å². The first-order valence-corrected chi connectivity index (χ1v) is 9.04. The molecular weight excluding hydrogens is 302 g/mol. The number of H-pyrrole nitrogens is 1. The minimum atomic E-state index is -3.27. The van der Waals surface area contributed by atoms with Crippen molar-refractivity contribution in [1.82, 2.24) is 20.2 Å². The number of rotatable bonds is 3. The number of nitrogens with zero attached hydrogens (tertiary/aromatic N) is 4. The van der Waals surface area contributed by atoms with Crippen LogP contribution < -0.4 is 4.90 Å². The average molecular weight is 321 g/mol. The zero-order valence-electron chi connectivity index (χ0n) is 12.9. The lowest BCUT2D eigenvalue weighted by Crippen LogP contribution is -2.22. The Morgan fingerprint density at radius 1 is 1.27 bits per heavy atom. The highest BCUT2D eigenvalue weighted by molar-refractivity contribution is 7.90. The highest BCUT2D eigenvalue weighted by Gasteiger charge is 2.30. The fourth-order valence-corrected chi connectivity index (χ4v) is 3.76. The maximum Gasteiger partial charge on any atom is 0.225 e. The lowest BCUT2D eigenvalue weighted by Gasteiger charge is -2.17. The van der Waals surface area contributed by atoms with Crippen molar-refractivity contribution in [2.75, 3.05) is 24.2 Å². The van der Waals surface area contributed by atoms with Crippen LogP contribution in [0.25, 0.3) is 0 Å². The summed E-state index contributed by atoms with van der Waals surface area (Å²) in [5.74, 6) is 0.803. The molecule has 2 aromatic rings. The van der Waals surface area contributed by atoms with Crippen LogP contribution in [0.4, 0.5) is 5.95 Å². The molecule has 1 unspecified atom stereocenters. The Hall–Kier alpha value is -1.96. The average Bonchev–Trinajstić information content (AvgIpc) is 3.06. The Balaban J connectivity index is 1.85. The van der Waals surface area contributed by atoms with Gasteiger partial charge in [0, 0.05) is 36.7 Å². The molecule has 3 heterocycles. The Bertz CT molecular complexity index is 779. The minimum absolute atomic E-state index is 0.0941. The summed E-state index contributed by atoms with van der Waals surface area (Å²) in [6.45, 7) is 5.38. The lowest BCUT2D eigenvalue weighted by molar-refractivity contribution is 0.598. The standard InChI is InChI=1S/C14H19N5O2S/c1-9-6-10(2)17-14(16-9)19-5-4-11(8-19)13-12(7-15-18-13)22(3,20)21/h6-7,11H,4-5,8H2,1-3H3,(H,15,18). The van der Waals surface area contributed by atoms with Gasteiger partial charge in [0.15, 0.2) is 9.84 Å². The van der Waals surface area contributed by atoms with Crippen LogP contribution in [-0.2, 0) is 9.84 Å². The zero-order valence-corrected chi connectivity index (χ0v) is 13.7. The van der Waals surface area contributed by atoms with Gasteiger partial charge in [0.2, 0.25) is 5.95 Å². The summed E-state index contributed by atoms with van der Waals surface area (Å²) in [7, 11) is -3.27. The summed E-state index contributed by atoms with van der Waals surface area (Å²) < 4.78 is 23.6. The predicted molar refractivity (Wildman–Crippen MR) is 82.8 cm³/mol. The fraction of sp³-hybridized carbons (Fsp3) is 0.500. The first-order chi connectivity index (χ1) is 10.3. The van der Waals surface area contributed by atoms with Gasteiger partial charge in [0.1, 0.15) is 4.90 Å². The van der Waals surface area contributed by atoms with Crippen molar-refractivity contribution < 1.29 is 8.42 Å². The summed E-state index contributed by atoms with van der Waals surface area (Å²) in [4.78, 5) is 11.3. The third-order valence-corrected chi connectivity index (χ3v) is 5.01. The molecule has 3 rings (SSSR count). The molecule has 0 saturated carbocycles. The number of sulfone groups is 1. The second-order valence-corrected chi connectivity index (χ2v) is 7.79. The summed E-state index contributed by atoms with van der Waals surface area (Å²) in [6, 6.07) is 1.94. The molecule has 0 aromatic carbocycles. The predicted octanol–water partition coefficient (Wildman–Crippen LogP) is 1.21. The van der Waals surface area contributed by atoms with Gasteiger partial charge >= 0.3 is 0 Å². The van der Waals surface area contributed by atoms with E-state index in [1.165, 1.54) is 12.5 Å². The molecule has 2 aromatic heterocycles. The van der Waals surface area contributed by atoms with E-state index in [9.17, 15) is 8.42 Å². The van der Waals surface area contributed by atoms with Crippen LogP contribution in [0.1, 0.15) is 29.4 Å². The molecule has 8 heteroatoms. The van der Waals surface area contributed by atoms with E-state index in [0.717, 1.165) is 24.4 Å². The molecule has 7 nitrogen and oxygen atoms in total. The van der Waals surface area contributed by atoms with Crippen molar-refractivity contribution in [2.45, 2.75) is 31.1 Å². The molecule has 0 radical (unpaired) electrons. The molecule has 1 aliphatic heterocycles. The van der Waals surface area contributed by atoms with Crippen molar-refractivity contribution in [2.24, 2.45) is 0 Å². The van der Waals surface area contributed by atoms with Crippen LogP contribution in [0.5, 0.6) is 0 Å². The lowest BCUT2D eigenvalue weighted by atomic mass is 10.1. The number of hydrogen-bond donors (Lipinski definition) is 1. The maximum atomic E-state index is 11.8.